The summed E-state index contributed by atoms with van der Waals surface area (Å²) in [5, 5.41) is 28.7. The predicted molar refractivity (Wildman–Crippen MR) is 116 cm³/mol. The fourth-order valence-electron chi connectivity index (χ4n) is 3.30. The van der Waals surface area contributed by atoms with Gasteiger partial charge in [-0.1, -0.05) is 36.4 Å². The average Bonchev–Trinajstić information content (AvgIpc) is 2.76. The molecular formula is C25H26O4. The normalized spacial score (nSPS) is 11.5. The summed E-state index contributed by atoms with van der Waals surface area (Å²) in [6, 6.07) is 19.4. The molecule has 0 heterocycles. The largest absolute Gasteiger partial charge is 0.508 e. The zero-order valence-corrected chi connectivity index (χ0v) is 16.7. The topological polar surface area (TPSA) is 69.9 Å². The molecule has 0 aromatic heterocycles. The molecule has 3 rings (SSSR count). The van der Waals surface area contributed by atoms with Gasteiger partial charge in [-0.15, -0.1) is 0 Å². The Balaban J connectivity index is 1.78. The van der Waals surface area contributed by atoms with Crippen molar-refractivity contribution in [3.63, 3.8) is 0 Å². The number of aryl methyl sites for hydroxylation is 1. The van der Waals surface area contributed by atoms with Crippen molar-refractivity contribution in [1.82, 2.24) is 0 Å². The first-order valence-electron chi connectivity index (χ1n) is 9.57. The van der Waals surface area contributed by atoms with Gasteiger partial charge in [0.15, 0.2) is 0 Å². The van der Waals surface area contributed by atoms with Crippen LogP contribution in [0.4, 0.5) is 0 Å². The highest BCUT2D eigenvalue weighted by atomic mass is 16.5. The van der Waals surface area contributed by atoms with E-state index in [2.05, 4.69) is 12.1 Å². The summed E-state index contributed by atoms with van der Waals surface area (Å²) in [6.07, 6.45) is 1.68. The van der Waals surface area contributed by atoms with E-state index in [9.17, 15) is 15.3 Å². The van der Waals surface area contributed by atoms with Crippen molar-refractivity contribution < 1.29 is 20.1 Å². The molecule has 0 atom stereocenters. The van der Waals surface area contributed by atoms with E-state index in [1.807, 2.05) is 44.2 Å². The number of hydrogen-bond donors (Lipinski definition) is 3. The summed E-state index contributed by atoms with van der Waals surface area (Å²) in [5.74, 6) is 0.926. The highest BCUT2D eigenvalue weighted by Gasteiger charge is 2.07. The molecule has 0 fully saturated rings. The van der Waals surface area contributed by atoms with Crippen LogP contribution >= 0.6 is 0 Å². The van der Waals surface area contributed by atoms with Crippen molar-refractivity contribution in [3.05, 3.63) is 94.6 Å². The summed E-state index contributed by atoms with van der Waals surface area (Å²) < 4.78 is 5.89. The fraction of sp³-hybridized carbons (Fsp3) is 0.200. The van der Waals surface area contributed by atoms with Crippen LogP contribution in [-0.2, 0) is 19.8 Å². The number of benzene rings is 3. The smallest absolute Gasteiger partial charge is 0.120 e. The lowest BCUT2D eigenvalue weighted by Gasteiger charge is -2.12. The Morgan fingerprint density at radius 1 is 0.931 bits per heavy atom. The van der Waals surface area contributed by atoms with Gasteiger partial charge in [0.05, 0.1) is 13.2 Å². The third kappa shape index (κ3) is 4.86. The Bertz CT molecular complexity index is 1020. The quantitative estimate of drug-likeness (QED) is 0.488. The summed E-state index contributed by atoms with van der Waals surface area (Å²) >= 11 is 0. The minimum Gasteiger partial charge on any atom is -0.508 e. The van der Waals surface area contributed by atoms with Crippen molar-refractivity contribution in [3.8, 4) is 16.9 Å². The van der Waals surface area contributed by atoms with Gasteiger partial charge in [-0.3, -0.25) is 0 Å². The minimum absolute atomic E-state index is 0.109. The summed E-state index contributed by atoms with van der Waals surface area (Å²) in [4.78, 5) is 0. The molecule has 3 aromatic carbocycles. The van der Waals surface area contributed by atoms with Crippen LogP contribution in [-0.4, -0.2) is 15.3 Å². The van der Waals surface area contributed by atoms with Crippen molar-refractivity contribution in [2.75, 3.05) is 0 Å². The second-order valence-corrected chi connectivity index (χ2v) is 6.94. The van der Waals surface area contributed by atoms with Crippen molar-refractivity contribution >= 4 is 5.76 Å². The van der Waals surface area contributed by atoms with Crippen LogP contribution in [0, 0.1) is 6.92 Å². The number of rotatable bonds is 7. The van der Waals surface area contributed by atoms with Gasteiger partial charge >= 0.3 is 0 Å². The molecule has 3 aromatic rings. The first-order valence-corrected chi connectivity index (χ1v) is 9.57. The Hall–Kier alpha value is -3.08. The zero-order valence-electron chi connectivity index (χ0n) is 16.7. The molecular weight excluding hydrogens is 364 g/mol. The molecule has 4 nitrogen and oxygen atoms in total. The second kappa shape index (κ2) is 9.41. The second-order valence-electron chi connectivity index (χ2n) is 6.94. The number of allylic oxidation sites excluding steroid dienone is 1. The first kappa shape index (κ1) is 20.6. The van der Waals surface area contributed by atoms with E-state index < -0.39 is 0 Å². The Labute approximate surface area is 171 Å². The van der Waals surface area contributed by atoms with Crippen LogP contribution in [0.3, 0.4) is 0 Å². The molecule has 0 amide bonds. The van der Waals surface area contributed by atoms with E-state index in [4.69, 9.17) is 4.74 Å². The first-order chi connectivity index (χ1) is 14.0. The van der Waals surface area contributed by atoms with Crippen LogP contribution in [0.1, 0.15) is 34.7 Å². The van der Waals surface area contributed by atoms with Crippen LogP contribution in [0.2, 0.25) is 0 Å². The highest BCUT2D eigenvalue weighted by Crippen LogP contribution is 2.27. The Kier molecular flexibility index (Phi) is 6.70. The van der Waals surface area contributed by atoms with Crippen LogP contribution in [0.15, 0.2) is 66.7 Å². The molecule has 0 saturated carbocycles. The van der Waals surface area contributed by atoms with E-state index in [1.54, 1.807) is 24.3 Å². The van der Waals surface area contributed by atoms with Gasteiger partial charge in [-0.05, 0) is 77.6 Å². The number of hydrogen-bond acceptors (Lipinski definition) is 4. The van der Waals surface area contributed by atoms with Gasteiger partial charge in [0, 0.05) is 5.56 Å². The number of aliphatic hydroxyl groups excluding tert-OH is 3. The lowest BCUT2D eigenvalue weighted by atomic mass is 9.96. The molecule has 0 aliphatic rings. The van der Waals surface area contributed by atoms with E-state index >= 15 is 0 Å². The number of ether oxygens (including phenoxy) is 1. The molecule has 0 aliphatic heterocycles. The van der Waals surface area contributed by atoms with E-state index in [-0.39, 0.29) is 19.0 Å². The maximum absolute atomic E-state index is 9.92. The van der Waals surface area contributed by atoms with Crippen molar-refractivity contribution in [1.29, 1.82) is 0 Å². The monoisotopic (exact) mass is 390 g/mol. The molecule has 0 saturated heterocycles. The third-order valence-corrected chi connectivity index (χ3v) is 4.96. The zero-order chi connectivity index (χ0) is 20.8. The van der Waals surface area contributed by atoms with Gasteiger partial charge in [0.2, 0.25) is 0 Å². The fourth-order valence-corrected chi connectivity index (χ4v) is 3.30. The third-order valence-electron chi connectivity index (χ3n) is 4.96. The number of aliphatic hydroxyl groups is 3. The van der Waals surface area contributed by atoms with Gasteiger partial charge < -0.3 is 20.1 Å². The lowest BCUT2D eigenvalue weighted by molar-refractivity contribution is 0.257. The van der Waals surface area contributed by atoms with Gasteiger partial charge in [-0.25, -0.2) is 0 Å². The molecule has 0 unspecified atom stereocenters. The summed E-state index contributed by atoms with van der Waals surface area (Å²) in [7, 11) is 0. The summed E-state index contributed by atoms with van der Waals surface area (Å²) in [6.45, 7) is 3.99. The summed E-state index contributed by atoms with van der Waals surface area (Å²) in [5.41, 5.74) is 6.47. The average molecular weight is 390 g/mol. The van der Waals surface area contributed by atoms with Crippen LogP contribution in [0.25, 0.3) is 16.9 Å². The molecule has 0 radical (unpaired) electrons. The van der Waals surface area contributed by atoms with E-state index in [0.29, 0.717) is 23.5 Å². The molecule has 0 bridgehead atoms. The molecule has 0 aliphatic carbocycles. The van der Waals surface area contributed by atoms with Gasteiger partial charge in [0.1, 0.15) is 18.1 Å². The molecule has 4 heteroatoms. The Morgan fingerprint density at radius 3 is 2.41 bits per heavy atom. The predicted octanol–water partition coefficient (Wildman–Crippen LogP) is 5.14. The van der Waals surface area contributed by atoms with Crippen LogP contribution in [0.5, 0.6) is 5.75 Å². The Morgan fingerprint density at radius 2 is 1.72 bits per heavy atom. The standard InChI is InChI=1S/C25H26O4/c1-3-25(28)20-8-10-24(17(2)11-20)19-6-4-5-18(12-19)16-29-23-9-7-21(14-26)22(13-23)15-27/h3-13,26-28H,14-16H2,1-2H3/b25-3-. The minimum atomic E-state index is -0.138. The van der Waals surface area contributed by atoms with Gasteiger partial charge in [0.25, 0.3) is 0 Å². The lowest BCUT2D eigenvalue weighted by Crippen LogP contribution is -1.99. The van der Waals surface area contributed by atoms with Crippen LogP contribution < -0.4 is 4.74 Å². The van der Waals surface area contributed by atoms with E-state index in [1.165, 1.54) is 0 Å². The SMILES string of the molecule is C/C=C(\O)c1ccc(-c2cccc(COc3ccc(CO)c(CO)c3)c2)c(C)c1. The maximum Gasteiger partial charge on any atom is 0.120 e. The highest BCUT2D eigenvalue weighted by molar-refractivity contribution is 5.71. The maximum atomic E-state index is 9.92. The molecule has 3 N–H and O–H groups in total. The van der Waals surface area contributed by atoms with Crippen molar-refractivity contribution in [2.24, 2.45) is 0 Å². The van der Waals surface area contributed by atoms with Crippen molar-refractivity contribution in [2.45, 2.75) is 33.7 Å². The van der Waals surface area contributed by atoms with E-state index in [0.717, 1.165) is 27.8 Å². The van der Waals surface area contributed by atoms with Gasteiger partial charge in [-0.2, -0.15) is 0 Å². The molecule has 150 valence electrons. The molecule has 0 spiro atoms. The molecule has 29 heavy (non-hydrogen) atoms.